The molecule has 2 rings (SSSR count). The molecule has 0 fully saturated rings. The van der Waals surface area contributed by atoms with E-state index < -0.39 is 10.0 Å². The number of ether oxygens (including phenoxy) is 1. The van der Waals surface area contributed by atoms with Crippen molar-refractivity contribution in [3.63, 3.8) is 0 Å². The van der Waals surface area contributed by atoms with E-state index in [1.165, 1.54) is 38.4 Å². The average Bonchev–Trinajstić information content (AvgIpc) is 2.54. The first-order chi connectivity index (χ1) is 11.4. The van der Waals surface area contributed by atoms with Crippen molar-refractivity contribution in [1.29, 1.82) is 0 Å². The van der Waals surface area contributed by atoms with Crippen molar-refractivity contribution >= 4 is 43.4 Å². The SMILES string of the molecule is COCN(c1ccccn1)S(=O)(=O)c1ccc(NC(C)=O)c(Br)c1. The van der Waals surface area contributed by atoms with Gasteiger partial charge in [-0.25, -0.2) is 17.7 Å². The number of methoxy groups -OCH3 is 1. The van der Waals surface area contributed by atoms with Gasteiger partial charge in [0.2, 0.25) is 5.91 Å². The summed E-state index contributed by atoms with van der Waals surface area (Å²) in [5.74, 6) is 0.00205. The van der Waals surface area contributed by atoms with Crippen molar-refractivity contribution in [2.75, 3.05) is 23.5 Å². The Morgan fingerprint density at radius 1 is 1.33 bits per heavy atom. The molecule has 0 radical (unpaired) electrons. The number of anilines is 2. The maximum Gasteiger partial charge on any atom is 0.267 e. The molecular weight excluding hydrogens is 398 g/mol. The van der Waals surface area contributed by atoms with Gasteiger partial charge in [-0.1, -0.05) is 6.07 Å². The number of halogens is 1. The summed E-state index contributed by atoms with van der Waals surface area (Å²) < 4.78 is 32.3. The highest BCUT2D eigenvalue weighted by molar-refractivity contribution is 9.10. The highest BCUT2D eigenvalue weighted by atomic mass is 79.9. The van der Waals surface area contributed by atoms with Crippen LogP contribution in [0, 0.1) is 0 Å². The van der Waals surface area contributed by atoms with Crippen LogP contribution >= 0.6 is 15.9 Å². The topological polar surface area (TPSA) is 88.6 Å². The van der Waals surface area contributed by atoms with Crippen molar-refractivity contribution in [2.45, 2.75) is 11.8 Å². The van der Waals surface area contributed by atoms with E-state index in [0.29, 0.717) is 10.2 Å². The molecule has 2 aromatic rings. The van der Waals surface area contributed by atoms with Crippen LogP contribution in [0.5, 0.6) is 0 Å². The molecule has 1 aromatic heterocycles. The predicted octanol–water partition coefficient (Wildman–Crippen LogP) is 2.60. The van der Waals surface area contributed by atoms with Gasteiger partial charge in [-0.2, -0.15) is 0 Å². The molecule has 0 atom stereocenters. The number of pyridine rings is 1. The molecule has 0 aliphatic heterocycles. The van der Waals surface area contributed by atoms with Crippen LogP contribution in [0.3, 0.4) is 0 Å². The van der Waals surface area contributed by atoms with E-state index in [0.717, 1.165) is 4.31 Å². The zero-order chi connectivity index (χ0) is 17.7. The Hall–Kier alpha value is -1.97. The van der Waals surface area contributed by atoms with E-state index in [1.54, 1.807) is 18.2 Å². The number of carbonyl (C=O) groups is 1. The van der Waals surface area contributed by atoms with Gasteiger partial charge in [-0.15, -0.1) is 0 Å². The third kappa shape index (κ3) is 4.11. The second-order valence-corrected chi connectivity index (χ2v) is 7.50. The molecule has 0 saturated heterocycles. The summed E-state index contributed by atoms with van der Waals surface area (Å²) >= 11 is 3.27. The Morgan fingerprint density at radius 2 is 2.08 bits per heavy atom. The van der Waals surface area contributed by atoms with E-state index >= 15 is 0 Å². The Morgan fingerprint density at radius 3 is 2.62 bits per heavy atom. The fourth-order valence-corrected chi connectivity index (χ4v) is 3.94. The molecule has 0 aliphatic carbocycles. The number of aromatic nitrogens is 1. The summed E-state index contributed by atoms with van der Waals surface area (Å²) in [6.45, 7) is 1.20. The summed E-state index contributed by atoms with van der Waals surface area (Å²) in [6.07, 6.45) is 1.50. The average molecular weight is 414 g/mol. The summed E-state index contributed by atoms with van der Waals surface area (Å²) in [6, 6.07) is 9.32. The van der Waals surface area contributed by atoms with Gasteiger partial charge in [-0.3, -0.25) is 4.79 Å². The van der Waals surface area contributed by atoms with Crippen LogP contribution in [0.4, 0.5) is 11.5 Å². The minimum atomic E-state index is -3.88. The van der Waals surface area contributed by atoms with Crippen LogP contribution in [0.2, 0.25) is 0 Å². The van der Waals surface area contributed by atoms with Gasteiger partial charge in [0.15, 0.2) is 0 Å². The normalized spacial score (nSPS) is 11.1. The molecule has 0 spiro atoms. The Kier molecular flexibility index (Phi) is 5.92. The molecule has 24 heavy (non-hydrogen) atoms. The Labute approximate surface area is 148 Å². The van der Waals surface area contributed by atoms with Gasteiger partial charge in [-0.05, 0) is 46.3 Å². The van der Waals surface area contributed by atoms with E-state index in [1.807, 2.05) is 0 Å². The zero-order valence-corrected chi connectivity index (χ0v) is 15.5. The smallest absolute Gasteiger partial charge is 0.267 e. The van der Waals surface area contributed by atoms with E-state index in [4.69, 9.17) is 4.74 Å². The van der Waals surface area contributed by atoms with E-state index in [-0.39, 0.29) is 23.4 Å². The third-order valence-corrected chi connectivity index (χ3v) is 5.37. The van der Waals surface area contributed by atoms with Gasteiger partial charge in [0.25, 0.3) is 10.0 Å². The largest absolute Gasteiger partial charge is 0.363 e. The number of rotatable bonds is 6. The number of sulfonamides is 1. The van der Waals surface area contributed by atoms with Gasteiger partial charge < -0.3 is 10.1 Å². The summed E-state index contributed by atoms with van der Waals surface area (Å²) in [5.41, 5.74) is 0.484. The maximum atomic E-state index is 12.9. The van der Waals surface area contributed by atoms with Gasteiger partial charge in [0.1, 0.15) is 12.5 Å². The lowest BCUT2D eigenvalue weighted by Crippen LogP contribution is -2.33. The predicted molar refractivity (Wildman–Crippen MR) is 94.2 cm³/mol. The second kappa shape index (κ2) is 7.73. The minimum Gasteiger partial charge on any atom is -0.363 e. The molecule has 0 saturated carbocycles. The number of carbonyl (C=O) groups excluding carboxylic acids is 1. The molecule has 9 heteroatoms. The Bertz CT molecular complexity index is 828. The fourth-order valence-electron chi connectivity index (χ4n) is 1.95. The van der Waals surface area contributed by atoms with Crippen molar-refractivity contribution < 1.29 is 17.9 Å². The minimum absolute atomic E-state index is 0.0474. The molecular formula is C15H16BrN3O4S. The number of benzene rings is 1. The lowest BCUT2D eigenvalue weighted by molar-refractivity contribution is -0.114. The summed E-state index contributed by atoms with van der Waals surface area (Å²) in [5, 5.41) is 2.61. The molecule has 1 amide bonds. The van der Waals surface area contributed by atoms with Crippen LogP contribution in [0.1, 0.15) is 6.92 Å². The van der Waals surface area contributed by atoms with Gasteiger partial charge >= 0.3 is 0 Å². The van der Waals surface area contributed by atoms with Crippen LogP contribution in [-0.4, -0.2) is 33.1 Å². The van der Waals surface area contributed by atoms with Crippen LogP contribution < -0.4 is 9.62 Å². The first-order valence-electron chi connectivity index (χ1n) is 6.86. The maximum absolute atomic E-state index is 12.9. The molecule has 1 N–H and O–H groups in total. The van der Waals surface area contributed by atoms with E-state index in [9.17, 15) is 13.2 Å². The van der Waals surface area contributed by atoms with Crippen LogP contribution in [-0.2, 0) is 19.6 Å². The van der Waals surface area contributed by atoms with Gasteiger partial charge in [0.05, 0.1) is 10.6 Å². The first-order valence-corrected chi connectivity index (χ1v) is 9.09. The van der Waals surface area contributed by atoms with E-state index in [2.05, 4.69) is 26.2 Å². The molecule has 7 nitrogen and oxygen atoms in total. The van der Waals surface area contributed by atoms with Crippen LogP contribution in [0.25, 0.3) is 0 Å². The highest BCUT2D eigenvalue weighted by Crippen LogP contribution is 2.28. The molecule has 0 bridgehead atoms. The zero-order valence-electron chi connectivity index (χ0n) is 13.1. The molecule has 128 valence electrons. The fraction of sp³-hybridized carbons (Fsp3) is 0.200. The third-order valence-electron chi connectivity index (χ3n) is 2.99. The number of nitrogens with zero attached hydrogens (tertiary/aromatic N) is 2. The van der Waals surface area contributed by atoms with Crippen molar-refractivity contribution in [3.05, 3.63) is 47.1 Å². The second-order valence-electron chi connectivity index (χ2n) is 4.78. The number of hydrogen-bond donors (Lipinski definition) is 1. The monoisotopic (exact) mass is 413 g/mol. The standard InChI is InChI=1S/C15H16BrN3O4S/c1-11(20)18-14-7-6-12(9-13(14)16)24(21,22)19(10-23-2)15-5-3-4-8-17-15/h3-9H,10H2,1-2H3,(H,18,20). The van der Waals surface area contributed by atoms with Crippen LogP contribution in [0.15, 0.2) is 52.0 Å². The number of hydrogen-bond acceptors (Lipinski definition) is 5. The molecule has 1 aromatic carbocycles. The molecule has 0 aliphatic rings. The Balaban J connectivity index is 2.44. The number of amides is 1. The van der Waals surface area contributed by atoms with Crippen molar-refractivity contribution in [1.82, 2.24) is 4.98 Å². The summed E-state index contributed by atoms with van der Waals surface area (Å²) in [4.78, 5) is 15.3. The van der Waals surface area contributed by atoms with Crippen molar-refractivity contribution in [3.8, 4) is 0 Å². The highest BCUT2D eigenvalue weighted by Gasteiger charge is 2.26. The van der Waals surface area contributed by atoms with Gasteiger partial charge in [0, 0.05) is 24.7 Å². The first kappa shape index (κ1) is 18.4. The summed E-state index contributed by atoms with van der Waals surface area (Å²) in [7, 11) is -2.48. The molecule has 1 heterocycles. The van der Waals surface area contributed by atoms with Crippen molar-refractivity contribution in [2.24, 2.45) is 0 Å². The lowest BCUT2D eigenvalue weighted by Gasteiger charge is -2.22. The molecule has 0 unspecified atom stereocenters. The lowest BCUT2D eigenvalue weighted by atomic mass is 10.3. The number of nitrogens with one attached hydrogen (secondary N) is 1. The quantitative estimate of drug-likeness (QED) is 0.735.